The summed E-state index contributed by atoms with van der Waals surface area (Å²) >= 11 is 0. The van der Waals surface area contributed by atoms with Crippen LogP contribution in [0, 0.1) is 0 Å². The van der Waals surface area contributed by atoms with Gasteiger partial charge in [-0.1, -0.05) is 90.8 Å². The Morgan fingerprint density at radius 1 is 0.553 bits per heavy atom. The molecule has 0 aromatic heterocycles. The van der Waals surface area contributed by atoms with Crippen LogP contribution in [0.3, 0.4) is 0 Å². The number of rotatable bonds is 2. The molecule has 0 N–H and O–H groups in total. The minimum atomic E-state index is -0.132. The summed E-state index contributed by atoms with van der Waals surface area (Å²) in [5.74, 6) is 4.51. The van der Waals surface area contributed by atoms with Crippen molar-refractivity contribution in [1.82, 2.24) is 0 Å². The Hall–Kier alpha value is -4.40. The minimum absolute atomic E-state index is 0.132. The predicted octanol–water partition coefficient (Wildman–Crippen LogP) is 9.98. The Morgan fingerprint density at radius 3 is 2.00 bits per heavy atom. The molecule has 2 aliphatic heterocycles. The zero-order valence-electron chi connectivity index (χ0n) is 20.9. The first-order valence-electron chi connectivity index (χ1n) is 13.0. The van der Waals surface area contributed by atoms with E-state index >= 15 is 0 Å². The van der Waals surface area contributed by atoms with Crippen LogP contribution in [-0.4, -0.2) is 5.87 Å². The third-order valence-corrected chi connectivity index (χ3v) is 9.71. The summed E-state index contributed by atoms with van der Waals surface area (Å²) in [5, 5.41) is 2.50. The molecule has 0 radical (unpaired) electrons. The third kappa shape index (κ3) is 3.17. The summed E-state index contributed by atoms with van der Waals surface area (Å²) in [4.78, 5) is 5.11. The van der Waals surface area contributed by atoms with Crippen molar-refractivity contribution < 1.29 is 0 Å². The highest BCUT2D eigenvalue weighted by Gasteiger charge is 2.25. The van der Waals surface area contributed by atoms with Gasteiger partial charge in [-0.25, -0.2) is 0 Å². The minimum Gasteiger partial charge on any atom is -0.310 e. The molecule has 180 valence electrons. The lowest BCUT2D eigenvalue weighted by Crippen LogP contribution is -2.18. The maximum absolute atomic E-state index is 4.51. The van der Waals surface area contributed by atoms with Crippen LogP contribution in [0.4, 0.5) is 17.1 Å². The van der Waals surface area contributed by atoms with Crippen LogP contribution in [0.15, 0.2) is 137 Å². The smallest absolute Gasteiger partial charge is 0.0497 e. The molecule has 0 spiro atoms. The number of anilines is 3. The van der Waals surface area contributed by atoms with Crippen LogP contribution in [0.25, 0.3) is 33.0 Å². The van der Waals surface area contributed by atoms with Crippen molar-refractivity contribution in [3.63, 3.8) is 0 Å². The van der Waals surface area contributed by atoms with Crippen LogP contribution >= 0.6 is 10.5 Å². The molecule has 0 amide bonds. The monoisotopic (exact) mass is 503 g/mol. The summed E-state index contributed by atoms with van der Waals surface area (Å²) in [6.07, 6.45) is 0.971. The Balaban J connectivity index is 1.26. The highest BCUT2D eigenvalue weighted by molar-refractivity contribution is 8.14. The zero-order valence-corrected chi connectivity index (χ0v) is 21.7. The highest BCUT2D eigenvalue weighted by atomic mass is 32.2. The van der Waals surface area contributed by atoms with E-state index in [0.717, 1.165) is 6.42 Å². The maximum Gasteiger partial charge on any atom is 0.0497 e. The molecule has 0 aliphatic carbocycles. The van der Waals surface area contributed by atoms with Crippen LogP contribution < -0.4 is 4.90 Å². The molecule has 0 bridgehead atoms. The van der Waals surface area contributed by atoms with E-state index in [1.165, 1.54) is 71.0 Å². The van der Waals surface area contributed by atoms with Gasteiger partial charge < -0.3 is 4.90 Å². The van der Waals surface area contributed by atoms with E-state index < -0.39 is 0 Å². The number of hydrogen-bond donors (Lipinski definition) is 0. The Labute approximate surface area is 225 Å². The van der Waals surface area contributed by atoms with Crippen molar-refractivity contribution in [2.45, 2.75) is 16.2 Å². The lowest BCUT2D eigenvalue weighted by atomic mass is 9.92. The van der Waals surface area contributed by atoms with Gasteiger partial charge in [0.25, 0.3) is 0 Å². The molecule has 6 aromatic carbocycles. The molecule has 8 rings (SSSR count). The van der Waals surface area contributed by atoms with Crippen molar-refractivity contribution >= 4 is 44.2 Å². The zero-order chi connectivity index (χ0) is 25.2. The van der Waals surface area contributed by atoms with Gasteiger partial charge >= 0.3 is 0 Å². The second kappa shape index (κ2) is 8.31. The van der Waals surface area contributed by atoms with E-state index in [9.17, 15) is 0 Å². The van der Waals surface area contributed by atoms with Gasteiger partial charge in [0.05, 0.1) is 0 Å². The molecule has 0 saturated carbocycles. The van der Waals surface area contributed by atoms with Crippen molar-refractivity contribution in [2.75, 3.05) is 4.90 Å². The van der Waals surface area contributed by atoms with Gasteiger partial charge in [-0.2, -0.15) is 0 Å². The Kier molecular flexibility index (Phi) is 4.74. The largest absolute Gasteiger partial charge is 0.310 e. The van der Waals surface area contributed by atoms with E-state index in [4.69, 9.17) is 0 Å². The summed E-state index contributed by atoms with van der Waals surface area (Å²) in [6, 6.07) is 46.7. The number of nitrogens with zero attached hydrogens (tertiary/aromatic N) is 1. The van der Waals surface area contributed by atoms with Crippen LogP contribution in [0.5, 0.6) is 0 Å². The normalized spacial score (nSPS) is 15.1. The average Bonchev–Trinajstić information content (AvgIpc) is 3.27. The number of benzene rings is 6. The van der Waals surface area contributed by atoms with Gasteiger partial charge in [-0.15, -0.1) is 10.5 Å². The van der Waals surface area contributed by atoms with Gasteiger partial charge in [-0.3, -0.25) is 0 Å². The first-order valence-corrected chi connectivity index (χ1v) is 14.4. The summed E-state index contributed by atoms with van der Waals surface area (Å²) in [5.41, 5.74) is 11.7. The van der Waals surface area contributed by atoms with Gasteiger partial charge in [-0.05, 0) is 81.1 Å². The van der Waals surface area contributed by atoms with Gasteiger partial charge in [0.2, 0.25) is 0 Å². The van der Waals surface area contributed by atoms with Gasteiger partial charge in [0.1, 0.15) is 0 Å². The molecule has 1 atom stereocenters. The summed E-state index contributed by atoms with van der Waals surface area (Å²) in [6.45, 7) is 0. The molecular formula is C36H25NS. The molecule has 1 unspecified atom stereocenters. The second-order valence-corrected chi connectivity index (χ2v) is 11.7. The van der Waals surface area contributed by atoms with Crippen LogP contribution in [-0.2, 0) is 6.42 Å². The fourth-order valence-corrected chi connectivity index (χ4v) is 7.80. The van der Waals surface area contributed by atoms with Gasteiger partial charge in [0.15, 0.2) is 0 Å². The average molecular weight is 504 g/mol. The van der Waals surface area contributed by atoms with Crippen molar-refractivity contribution in [3.05, 3.63) is 139 Å². The Bertz CT molecular complexity index is 1890. The standard InChI is InChI=1S/C36H25NS/c1-38-34-15-7-4-11-31(34)36-30(12-8-16-35(36)38)26-18-17-25-23-29(20-19-24(25)21-26)37-32-13-5-2-9-27(32)22-28-10-3-6-14-33(28)37/h2-21,23H,1,22H2. The van der Waals surface area contributed by atoms with E-state index in [0.29, 0.717) is 0 Å². The number of hydrogen-bond acceptors (Lipinski definition) is 1. The van der Waals surface area contributed by atoms with Crippen molar-refractivity contribution in [2.24, 2.45) is 0 Å². The lowest BCUT2D eigenvalue weighted by molar-refractivity contribution is 1.09. The first kappa shape index (κ1) is 21.7. The third-order valence-electron chi connectivity index (χ3n) is 7.95. The molecule has 1 nitrogen and oxygen atoms in total. The first-order chi connectivity index (χ1) is 18.8. The number of fused-ring (bicyclic) bond motifs is 6. The van der Waals surface area contributed by atoms with Crippen molar-refractivity contribution in [1.29, 1.82) is 0 Å². The van der Waals surface area contributed by atoms with Gasteiger partial charge in [0, 0.05) is 38.8 Å². The quantitative estimate of drug-likeness (QED) is 0.212. The fourth-order valence-electron chi connectivity index (χ4n) is 6.17. The SMILES string of the molecule is C=S1c2ccccc2-c2c(-c3ccc4cc(N5c6ccccc6Cc6ccccc65)ccc4c3)cccc21. The molecule has 2 aliphatic rings. The van der Waals surface area contributed by atoms with Crippen LogP contribution in [0.2, 0.25) is 0 Å². The highest BCUT2D eigenvalue weighted by Crippen LogP contribution is 2.54. The lowest BCUT2D eigenvalue weighted by Gasteiger charge is -2.33. The molecule has 2 heterocycles. The second-order valence-electron chi connectivity index (χ2n) is 10.1. The molecular weight excluding hydrogens is 478 g/mol. The molecule has 0 fully saturated rings. The number of para-hydroxylation sites is 2. The molecule has 0 saturated heterocycles. The molecule has 6 aromatic rings. The van der Waals surface area contributed by atoms with E-state index in [1.807, 2.05) is 0 Å². The van der Waals surface area contributed by atoms with Crippen LogP contribution in [0.1, 0.15) is 11.1 Å². The van der Waals surface area contributed by atoms with Crippen molar-refractivity contribution in [3.8, 4) is 22.3 Å². The van der Waals surface area contributed by atoms with E-state index in [1.54, 1.807) is 0 Å². The molecule has 2 heteroatoms. The maximum atomic E-state index is 4.51. The Morgan fingerprint density at radius 2 is 1.18 bits per heavy atom. The van der Waals surface area contributed by atoms with E-state index in [2.05, 4.69) is 138 Å². The summed E-state index contributed by atoms with van der Waals surface area (Å²) in [7, 11) is -0.132. The topological polar surface area (TPSA) is 3.24 Å². The molecule has 38 heavy (non-hydrogen) atoms. The predicted molar refractivity (Wildman–Crippen MR) is 164 cm³/mol. The fraction of sp³-hybridized carbons (Fsp3) is 0.0278. The van der Waals surface area contributed by atoms with E-state index in [-0.39, 0.29) is 10.5 Å². The summed E-state index contributed by atoms with van der Waals surface area (Å²) < 4.78 is 0.